The fourth-order valence-electron chi connectivity index (χ4n) is 4.96. The van der Waals surface area contributed by atoms with Gasteiger partial charge in [-0.25, -0.2) is 4.79 Å². The van der Waals surface area contributed by atoms with E-state index in [9.17, 15) is 9.59 Å². The number of methoxy groups -OCH3 is 2. The van der Waals surface area contributed by atoms with Gasteiger partial charge in [-0.15, -0.1) is 0 Å². The fourth-order valence-corrected chi connectivity index (χ4v) is 5.08. The Hall–Kier alpha value is -3.25. The van der Waals surface area contributed by atoms with Crippen LogP contribution in [0.3, 0.4) is 0 Å². The summed E-state index contributed by atoms with van der Waals surface area (Å²) in [5.41, 5.74) is 3.62. The molecule has 0 spiro atoms. The normalized spacial score (nSPS) is 21.7. The molecule has 1 N–H and O–H groups in total. The summed E-state index contributed by atoms with van der Waals surface area (Å²) in [6.45, 7) is 5.45. The van der Waals surface area contributed by atoms with Crippen molar-refractivity contribution in [3.63, 3.8) is 0 Å². The second-order valence-corrected chi connectivity index (χ2v) is 9.57. The number of ether oxygens (including phenoxy) is 3. The van der Waals surface area contributed by atoms with Gasteiger partial charge in [0.15, 0.2) is 0 Å². The maximum absolute atomic E-state index is 13.7. The molecule has 3 atom stereocenters. The van der Waals surface area contributed by atoms with Gasteiger partial charge in [-0.2, -0.15) is 0 Å². The van der Waals surface area contributed by atoms with E-state index in [4.69, 9.17) is 25.8 Å². The molecular weight excluding hydrogens is 466 g/mol. The monoisotopic (exact) mass is 495 g/mol. The zero-order valence-corrected chi connectivity index (χ0v) is 21.3. The second kappa shape index (κ2) is 10.2. The van der Waals surface area contributed by atoms with Crippen LogP contribution in [0.1, 0.15) is 50.2 Å². The Morgan fingerprint density at radius 1 is 1.06 bits per heavy atom. The summed E-state index contributed by atoms with van der Waals surface area (Å²) in [7, 11) is 3.15. The minimum atomic E-state index is -0.570. The number of carbonyl (C=O) groups excluding carboxylic acids is 2. The minimum absolute atomic E-state index is 0.0418. The molecule has 7 heteroatoms. The Bertz CT molecular complexity index is 1200. The predicted molar refractivity (Wildman–Crippen MR) is 135 cm³/mol. The lowest BCUT2D eigenvalue weighted by Crippen LogP contribution is -2.42. The number of esters is 1. The van der Waals surface area contributed by atoms with Crippen molar-refractivity contribution in [3.8, 4) is 11.5 Å². The van der Waals surface area contributed by atoms with E-state index < -0.39 is 17.8 Å². The number of carbonyl (C=O) groups is 2. The Morgan fingerprint density at radius 3 is 2.40 bits per heavy atom. The van der Waals surface area contributed by atoms with Crippen molar-refractivity contribution in [3.05, 3.63) is 81.7 Å². The van der Waals surface area contributed by atoms with Crippen LogP contribution >= 0.6 is 11.6 Å². The molecule has 6 nitrogen and oxygen atoms in total. The summed E-state index contributed by atoms with van der Waals surface area (Å²) in [4.78, 5) is 27.0. The highest BCUT2D eigenvalue weighted by atomic mass is 35.5. The van der Waals surface area contributed by atoms with Crippen LogP contribution in [0.5, 0.6) is 11.5 Å². The number of nitrogens with one attached hydrogen (secondary N) is 1. The Labute approximate surface area is 210 Å². The zero-order chi connectivity index (χ0) is 25.3. The van der Waals surface area contributed by atoms with Gasteiger partial charge in [0.25, 0.3) is 0 Å². The first kappa shape index (κ1) is 24.9. The van der Waals surface area contributed by atoms with Crippen LogP contribution in [0.15, 0.2) is 65.5 Å². The quantitative estimate of drug-likeness (QED) is 0.531. The number of Topliss-reactive ketones (excluding diaryl/α,β-unsaturated/α-hetero) is 1. The predicted octanol–water partition coefficient (Wildman–Crippen LogP) is 5.53. The fraction of sp³-hybridized carbons (Fsp3) is 0.357. The van der Waals surface area contributed by atoms with Gasteiger partial charge in [0.05, 0.1) is 31.8 Å². The summed E-state index contributed by atoms with van der Waals surface area (Å²) < 4.78 is 16.6. The molecule has 1 heterocycles. The third kappa shape index (κ3) is 4.94. The highest BCUT2D eigenvalue weighted by molar-refractivity contribution is 6.30. The number of rotatable bonds is 6. The topological polar surface area (TPSA) is 73.9 Å². The highest BCUT2D eigenvalue weighted by Crippen LogP contribution is 2.49. The smallest absolute Gasteiger partial charge is 0.336 e. The van der Waals surface area contributed by atoms with E-state index >= 15 is 0 Å². The molecule has 0 aromatic heterocycles. The second-order valence-electron chi connectivity index (χ2n) is 9.13. The van der Waals surface area contributed by atoms with Crippen LogP contribution < -0.4 is 14.8 Å². The highest BCUT2D eigenvalue weighted by Gasteiger charge is 2.46. The summed E-state index contributed by atoms with van der Waals surface area (Å²) in [6, 6.07) is 13.0. The minimum Gasteiger partial charge on any atom is -0.497 e. The molecule has 0 radical (unpaired) electrons. The van der Waals surface area contributed by atoms with Crippen LogP contribution in [0.2, 0.25) is 5.02 Å². The maximum atomic E-state index is 13.7. The first-order valence-corrected chi connectivity index (χ1v) is 12.0. The molecule has 2 aliphatic rings. The lowest BCUT2D eigenvalue weighted by atomic mass is 9.68. The first-order valence-electron chi connectivity index (χ1n) is 11.6. The van der Waals surface area contributed by atoms with Gasteiger partial charge in [0.2, 0.25) is 0 Å². The molecule has 3 unspecified atom stereocenters. The third-order valence-electron chi connectivity index (χ3n) is 6.50. The molecule has 1 aliphatic carbocycles. The number of allylic oxidation sites excluding steroid dienone is 3. The summed E-state index contributed by atoms with van der Waals surface area (Å²) in [5.74, 6) is -0.452. The van der Waals surface area contributed by atoms with E-state index in [0.717, 1.165) is 16.8 Å². The molecule has 0 fully saturated rings. The maximum Gasteiger partial charge on any atom is 0.336 e. The van der Waals surface area contributed by atoms with Crippen LogP contribution in [-0.4, -0.2) is 32.1 Å². The molecule has 0 saturated heterocycles. The molecule has 2 aromatic carbocycles. The van der Waals surface area contributed by atoms with E-state index in [-0.39, 0.29) is 17.8 Å². The van der Waals surface area contributed by atoms with Gasteiger partial charge in [-0.3, -0.25) is 4.79 Å². The summed E-state index contributed by atoms with van der Waals surface area (Å²) >= 11 is 6.06. The van der Waals surface area contributed by atoms with Crippen molar-refractivity contribution >= 4 is 23.4 Å². The Kier molecular flexibility index (Phi) is 7.22. The number of benzene rings is 2. The lowest BCUT2D eigenvalue weighted by Gasteiger charge is -2.40. The molecule has 35 heavy (non-hydrogen) atoms. The van der Waals surface area contributed by atoms with Gasteiger partial charge in [0.1, 0.15) is 17.3 Å². The SMILES string of the molecule is COc1ccc(C2C(C(=O)OC(C)C)=C(C)NC3=CC(c4ccc(Cl)cc4)CC(=O)C32)c(OC)c1. The van der Waals surface area contributed by atoms with E-state index in [0.29, 0.717) is 34.2 Å². The van der Waals surface area contributed by atoms with E-state index in [1.54, 1.807) is 34.1 Å². The van der Waals surface area contributed by atoms with Crippen molar-refractivity contribution in [1.82, 2.24) is 5.32 Å². The molecule has 0 bridgehead atoms. The molecule has 1 aliphatic heterocycles. The largest absolute Gasteiger partial charge is 0.497 e. The van der Waals surface area contributed by atoms with Crippen molar-refractivity contribution in [2.45, 2.75) is 45.1 Å². The zero-order valence-electron chi connectivity index (χ0n) is 20.6. The average molecular weight is 496 g/mol. The van der Waals surface area contributed by atoms with Crippen molar-refractivity contribution in [1.29, 1.82) is 0 Å². The number of ketones is 1. The number of hydrogen-bond donors (Lipinski definition) is 1. The van der Waals surface area contributed by atoms with Gasteiger partial charge >= 0.3 is 5.97 Å². The van der Waals surface area contributed by atoms with Gasteiger partial charge in [-0.05, 0) is 44.5 Å². The molecular formula is C28H30ClNO5. The average Bonchev–Trinajstić information content (AvgIpc) is 2.82. The van der Waals surface area contributed by atoms with E-state index in [1.165, 1.54) is 0 Å². The number of halogens is 1. The lowest BCUT2D eigenvalue weighted by molar-refractivity contribution is -0.143. The van der Waals surface area contributed by atoms with Gasteiger partial charge in [-0.1, -0.05) is 35.9 Å². The third-order valence-corrected chi connectivity index (χ3v) is 6.75. The molecule has 0 amide bonds. The van der Waals surface area contributed by atoms with E-state index in [2.05, 4.69) is 11.4 Å². The van der Waals surface area contributed by atoms with Crippen molar-refractivity contribution < 1.29 is 23.8 Å². The number of fused-ring (bicyclic) bond motifs is 1. The van der Waals surface area contributed by atoms with Crippen LogP contribution in [-0.2, 0) is 14.3 Å². The van der Waals surface area contributed by atoms with E-state index in [1.807, 2.05) is 43.3 Å². The molecule has 184 valence electrons. The summed E-state index contributed by atoms with van der Waals surface area (Å²) in [6.07, 6.45) is 2.11. The Morgan fingerprint density at radius 2 is 1.77 bits per heavy atom. The summed E-state index contributed by atoms with van der Waals surface area (Å²) in [5, 5.41) is 4.00. The Balaban J connectivity index is 1.86. The number of hydrogen-bond acceptors (Lipinski definition) is 6. The van der Waals surface area contributed by atoms with Gasteiger partial charge < -0.3 is 19.5 Å². The molecule has 0 saturated carbocycles. The van der Waals surface area contributed by atoms with Crippen LogP contribution in [0.25, 0.3) is 0 Å². The van der Waals surface area contributed by atoms with Crippen LogP contribution in [0, 0.1) is 5.92 Å². The van der Waals surface area contributed by atoms with Gasteiger partial charge in [0, 0.05) is 46.3 Å². The standard InChI is InChI=1S/C28H30ClNO5/c1-15(2)35-28(32)25-16(3)30-22-12-18(17-6-8-19(29)9-7-17)13-23(31)27(22)26(25)21-11-10-20(33-4)14-24(21)34-5/h6-12,14-15,18,26-27,30H,13H2,1-5H3. The van der Waals surface area contributed by atoms with Crippen LogP contribution in [0.4, 0.5) is 0 Å². The first-order chi connectivity index (χ1) is 16.7. The van der Waals surface area contributed by atoms with Crippen molar-refractivity contribution in [2.24, 2.45) is 5.92 Å². The molecule has 4 rings (SSSR count). The van der Waals surface area contributed by atoms with Crippen molar-refractivity contribution in [2.75, 3.05) is 14.2 Å². The molecule has 2 aromatic rings.